The molecule has 2 heterocycles. The third kappa shape index (κ3) is 5.23. The fraction of sp³-hybridized carbons (Fsp3) is 0.619. The van der Waals surface area contributed by atoms with E-state index >= 15 is 0 Å². The first kappa shape index (κ1) is 20.6. The van der Waals surface area contributed by atoms with Crippen LogP contribution in [0.3, 0.4) is 0 Å². The van der Waals surface area contributed by atoms with Gasteiger partial charge in [-0.2, -0.15) is 0 Å². The Labute approximate surface area is 167 Å². The lowest BCUT2D eigenvalue weighted by Gasteiger charge is -2.36. The smallest absolute Gasteiger partial charge is 0.223 e. The SMILES string of the molecule is COc1ccc(C(CNC(=O)C2CCN(C(C)=O)CC2)N2CCOCC2)cc1. The van der Waals surface area contributed by atoms with E-state index in [1.54, 1.807) is 14.0 Å². The molecule has 2 fully saturated rings. The fourth-order valence-corrected chi connectivity index (χ4v) is 3.97. The summed E-state index contributed by atoms with van der Waals surface area (Å²) in [7, 11) is 1.66. The third-order valence-corrected chi connectivity index (χ3v) is 5.77. The number of carbonyl (C=O) groups excluding carboxylic acids is 2. The number of benzene rings is 1. The molecule has 1 atom stereocenters. The minimum absolute atomic E-state index is 0.0168. The van der Waals surface area contributed by atoms with Crippen LogP contribution in [0.15, 0.2) is 24.3 Å². The van der Waals surface area contributed by atoms with Crippen LogP contribution in [0.2, 0.25) is 0 Å². The van der Waals surface area contributed by atoms with E-state index in [2.05, 4.69) is 22.3 Å². The molecule has 154 valence electrons. The molecule has 2 saturated heterocycles. The third-order valence-electron chi connectivity index (χ3n) is 5.77. The zero-order valence-corrected chi connectivity index (χ0v) is 16.9. The zero-order chi connectivity index (χ0) is 19.9. The predicted molar refractivity (Wildman–Crippen MR) is 106 cm³/mol. The van der Waals surface area contributed by atoms with Crippen LogP contribution in [0.1, 0.15) is 31.4 Å². The lowest BCUT2D eigenvalue weighted by Crippen LogP contribution is -2.46. The highest BCUT2D eigenvalue weighted by Crippen LogP contribution is 2.24. The molecule has 7 heteroatoms. The van der Waals surface area contributed by atoms with Gasteiger partial charge in [-0.1, -0.05) is 12.1 Å². The Bertz CT molecular complexity index is 650. The van der Waals surface area contributed by atoms with Crippen LogP contribution in [0, 0.1) is 5.92 Å². The molecular weight excluding hydrogens is 358 g/mol. The molecule has 2 aliphatic heterocycles. The Morgan fingerprint density at radius 2 is 1.79 bits per heavy atom. The number of likely N-dealkylation sites (tertiary alicyclic amines) is 1. The molecule has 2 amide bonds. The normalized spacial score (nSPS) is 19.9. The molecule has 0 bridgehead atoms. The summed E-state index contributed by atoms with van der Waals surface area (Å²) in [5.41, 5.74) is 1.16. The molecule has 7 nitrogen and oxygen atoms in total. The molecule has 1 aromatic rings. The van der Waals surface area contributed by atoms with Crippen molar-refractivity contribution in [1.29, 1.82) is 0 Å². The standard InChI is InChI=1S/C21H31N3O4/c1-16(25)23-9-7-18(8-10-23)21(26)22-15-20(24-11-13-28-14-12-24)17-3-5-19(27-2)6-4-17/h3-6,18,20H,7-15H2,1-2H3,(H,22,26). The van der Waals surface area contributed by atoms with Gasteiger partial charge in [0, 0.05) is 45.6 Å². The van der Waals surface area contributed by atoms with E-state index in [4.69, 9.17) is 9.47 Å². The Hall–Kier alpha value is -2.12. The number of amides is 2. The van der Waals surface area contributed by atoms with Crippen LogP contribution in [0.4, 0.5) is 0 Å². The summed E-state index contributed by atoms with van der Waals surface area (Å²) >= 11 is 0. The van der Waals surface area contributed by atoms with Crippen LogP contribution in [0.25, 0.3) is 0 Å². The second-order valence-electron chi connectivity index (χ2n) is 7.46. The van der Waals surface area contributed by atoms with Gasteiger partial charge in [-0.05, 0) is 30.5 Å². The number of hydrogen-bond donors (Lipinski definition) is 1. The van der Waals surface area contributed by atoms with Gasteiger partial charge in [-0.3, -0.25) is 14.5 Å². The second kappa shape index (κ2) is 9.89. The van der Waals surface area contributed by atoms with E-state index < -0.39 is 0 Å². The van der Waals surface area contributed by atoms with E-state index in [1.807, 2.05) is 17.0 Å². The van der Waals surface area contributed by atoms with Gasteiger partial charge in [0.25, 0.3) is 0 Å². The molecule has 0 radical (unpaired) electrons. The van der Waals surface area contributed by atoms with Gasteiger partial charge >= 0.3 is 0 Å². The molecule has 0 spiro atoms. The molecule has 0 saturated carbocycles. The van der Waals surface area contributed by atoms with E-state index in [1.165, 1.54) is 0 Å². The summed E-state index contributed by atoms with van der Waals surface area (Å²) in [4.78, 5) is 28.4. The van der Waals surface area contributed by atoms with Crippen molar-refractivity contribution >= 4 is 11.8 Å². The molecule has 1 unspecified atom stereocenters. The number of piperidine rings is 1. The van der Waals surface area contributed by atoms with Gasteiger partial charge in [-0.15, -0.1) is 0 Å². The van der Waals surface area contributed by atoms with E-state index in [9.17, 15) is 9.59 Å². The van der Waals surface area contributed by atoms with E-state index in [0.29, 0.717) is 32.8 Å². The summed E-state index contributed by atoms with van der Waals surface area (Å²) in [6.07, 6.45) is 1.46. The minimum atomic E-state index is -0.0168. The van der Waals surface area contributed by atoms with Gasteiger partial charge in [0.05, 0.1) is 26.4 Å². The number of nitrogens with one attached hydrogen (secondary N) is 1. The van der Waals surface area contributed by atoms with Crippen molar-refractivity contribution in [2.75, 3.05) is 53.0 Å². The van der Waals surface area contributed by atoms with Gasteiger partial charge in [0.1, 0.15) is 5.75 Å². The number of ether oxygens (including phenoxy) is 2. The summed E-state index contributed by atoms with van der Waals surface area (Å²) in [6, 6.07) is 8.16. The van der Waals surface area contributed by atoms with Crippen LogP contribution >= 0.6 is 0 Å². The first-order valence-corrected chi connectivity index (χ1v) is 10.1. The fourth-order valence-electron chi connectivity index (χ4n) is 3.97. The highest BCUT2D eigenvalue weighted by Gasteiger charge is 2.28. The van der Waals surface area contributed by atoms with Gasteiger partial charge in [-0.25, -0.2) is 0 Å². The summed E-state index contributed by atoms with van der Waals surface area (Å²) in [6.45, 7) is 6.61. The number of nitrogens with zero attached hydrogens (tertiary/aromatic N) is 2. The Morgan fingerprint density at radius 1 is 1.14 bits per heavy atom. The molecule has 0 aliphatic carbocycles. The lowest BCUT2D eigenvalue weighted by molar-refractivity contribution is -0.134. The van der Waals surface area contributed by atoms with Crippen LogP contribution in [-0.4, -0.2) is 74.7 Å². The molecule has 1 N–H and O–H groups in total. The van der Waals surface area contributed by atoms with Gasteiger partial charge < -0.3 is 19.7 Å². The monoisotopic (exact) mass is 389 g/mol. The number of morpholine rings is 1. The van der Waals surface area contributed by atoms with Gasteiger partial charge in [0.2, 0.25) is 11.8 Å². The van der Waals surface area contributed by atoms with Crippen LogP contribution < -0.4 is 10.1 Å². The summed E-state index contributed by atoms with van der Waals surface area (Å²) in [5, 5.41) is 3.16. The van der Waals surface area contributed by atoms with E-state index in [-0.39, 0.29) is 23.8 Å². The van der Waals surface area contributed by atoms with Gasteiger partial charge in [0.15, 0.2) is 0 Å². The zero-order valence-electron chi connectivity index (χ0n) is 16.9. The first-order chi connectivity index (χ1) is 13.6. The van der Waals surface area contributed by atoms with Crippen LogP contribution in [0.5, 0.6) is 5.75 Å². The highest BCUT2D eigenvalue weighted by atomic mass is 16.5. The molecule has 2 aliphatic rings. The van der Waals surface area contributed by atoms with Crippen molar-refractivity contribution in [3.8, 4) is 5.75 Å². The van der Waals surface area contributed by atoms with Crippen molar-refractivity contribution < 1.29 is 19.1 Å². The number of methoxy groups -OCH3 is 1. The number of hydrogen-bond acceptors (Lipinski definition) is 5. The highest BCUT2D eigenvalue weighted by molar-refractivity contribution is 5.79. The minimum Gasteiger partial charge on any atom is -0.497 e. The maximum Gasteiger partial charge on any atom is 0.223 e. The van der Waals surface area contributed by atoms with Crippen molar-refractivity contribution in [3.05, 3.63) is 29.8 Å². The largest absolute Gasteiger partial charge is 0.497 e. The Balaban J connectivity index is 1.61. The summed E-state index contributed by atoms with van der Waals surface area (Å²) in [5.74, 6) is 0.989. The average Bonchev–Trinajstić information content (AvgIpc) is 2.75. The maximum atomic E-state index is 12.7. The van der Waals surface area contributed by atoms with Crippen molar-refractivity contribution in [1.82, 2.24) is 15.1 Å². The molecule has 28 heavy (non-hydrogen) atoms. The quantitative estimate of drug-likeness (QED) is 0.797. The first-order valence-electron chi connectivity index (χ1n) is 10.1. The number of rotatable bonds is 6. The van der Waals surface area contributed by atoms with Crippen LogP contribution in [-0.2, 0) is 14.3 Å². The summed E-state index contributed by atoms with van der Waals surface area (Å²) < 4.78 is 10.8. The van der Waals surface area contributed by atoms with Crippen molar-refractivity contribution in [2.24, 2.45) is 5.92 Å². The Kier molecular flexibility index (Phi) is 7.28. The lowest BCUT2D eigenvalue weighted by atomic mass is 9.95. The average molecular weight is 389 g/mol. The predicted octanol–water partition coefficient (Wildman–Crippen LogP) is 1.44. The maximum absolute atomic E-state index is 12.7. The van der Waals surface area contributed by atoms with Crippen molar-refractivity contribution in [2.45, 2.75) is 25.8 Å². The molecule has 3 rings (SSSR count). The van der Waals surface area contributed by atoms with E-state index in [0.717, 1.165) is 37.2 Å². The second-order valence-corrected chi connectivity index (χ2v) is 7.46. The topological polar surface area (TPSA) is 71.1 Å². The number of carbonyl (C=O) groups is 2. The molecule has 0 aromatic heterocycles. The molecule has 1 aromatic carbocycles. The molecular formula is C21H31N3O4. The Morgan fingerprint density at radius 3 is 2.36 bits per heavy atom. The van der Waals surface area contributed by atoms with Crippen molar-refractivity contribution in [3.63, 3.8) is 0 Å².